The molecule has 1 aromatic heterocycles. The van der Waals surface area contributed by atoms with Crippen LogP contribution in [-0.4, -0.2) is 58.7 Å². The number of nitrogens with zero attached hydrogens (tertiary/aromatic N) is 4. The Hall–Kier alpha value is -2.06. The Bertz CT molecular complexity index is 798. The minimum atomic E-state index is -4.73. The van der Waals surface area contributed by atoms with Crippen LogP contribution in [0.2, 0.25) is 5.02 Å². The van der Waals surface area contributed by atoms with E-state index in [-0.39, 0.29) is 5.69 Å². The standard InChI is InChI=1S/C18H20ClF3N4O/c1-24(10-11-25-8-2-3-9-25)17(27)15-12-23-26(16(15)18(20,21)22)14-6-4-13(19)5-7-14/h4-7,12H,2-3,8-11H2,1H3. The molecule has 1 aliphatic rings. The van der Waals surface area contributed by atoms with Crippen molar-refractivity contribution >= 4 is 17.5 Å². The van der Waals surface area contributed by atoms with Gasteiger partial charge < -0.3 is 9.80 Å². The minimum Gasteiger partial charge on any atom is -0.340 e. The second kappa shape index (κ2) is 7.90. The Labute approximate surface area is 160 Å². The third-order valence-electron chi connectivity index (χ3n) is 4.64. The zero-order valence-corrected chi connectivity index (χ0v) is 15.6. The summed E-state index contributed by atoms with van der Waals surface area (Å²) in [5.41, 5.74) is -1.35. The highest BCUT2D eigenvalue weighted by molar-refractivity contribution is 6.30. The maximum atomic E-state index is 13.7. The molecule has 0 saturated carbocycles. The Balaban J connectivity index is 1.85. The third-order valence-corrected chi connectivity index (χ3v) is 4.89. The zero-order valence-electron chi connectivity index (χ0n) is 14.8. The quantitative estimate of drug-likeness (QED) is 0.768. The summed E-state index contributed by atoms with van der Waals surface area (Å²) in [7, 11) is 1.51. The summed E-state index contributed by atoms with van der Waals surface area (Å²) >= 11 is 5.80. The molecule has 3 rings (SSSR count). The number of benzene rings is 1. The van der Waals surface area contributed by atoms with Crippen LogP contribution >= 0.6 is 11.6 Å². The van der Waals surface area contributed by atoms with Gasteiger partial charge in [-0.05, 0) is 50.2 Å². The smallest absolute Gasteiger partial charge is 0.340 e. The highest BCUT2D eigenvalue weighted by Gasteiger charge is 2.41. The summed E-state index contributed by atoms with van der Waals surface area (Å²) in [4.78, 5) is 16.2. The van der Waals surface area contributed by atoms with Crippen LogP contribution in [0.1, 0.15) is 28.9 Å². The van der Waals surface area contributed by atoms with E-state index in [4.69, 9.17) is 11.6 Å². The summed E-state index contributed by atoms with van der Waals surface area (Å²) in [5.74, 6) is -0.693. The lowest BCUT2D eigenvalue weighted by molar-refractivity contribution is -0.143. The van der Waals surface area contributed by atoms with Gasteiger partial charge in [0.1, 0.15) is 0 Å². The average molecular weight is 401 g/mol. The van der Waals surface area contributed by atoms with E-state index in [9.17, 15) is 18.0 Å². The monoisotopic (exact) mass is 400 g/mol. The van der Waals surface area contributed by atoms with Crippen LogP contribution < -0.4 is 0 Å². The molecule has 0 bridgehead atoms. The Morgan fingerprint density at radius 1 is 1.22 bits per heavy atom. The molecular weight excluding hydrogens is 381 g/mol. The summed E-state index contributed by atoms with van der Waals surface area (Å²) in [6.07, 6.45) is -1.52. The van der Waals surface area contributed by atoms with Crippen molar-refractivity contribution in [1.29, 1.82) is 0 Å². The van der Waals surface area contributed by atoms with Gasteiger partial charge in [0, 0.05) is 25.2 Å². The fraction of sp³-hybridized carbons (Fsp3) is 0.444. The molecular formula is C18H20ClF3N4O. The van der Waals surface area contributed by atoms with E-state index in [2.05, 4.69) is 10.00 Å². The SMILES string of the molecule is CN(CCN1CCCC1)C(=O)c1cnn(-c2ccc(Cl)cc2)c1C(F)(F)F. The number of hydrogen-bond acceptors (Lipinski definition) is 3. The van der Waals surface area contributed by atoms with Gasteiger partial charge in [0.25, 0.3) is 5.91 Å². The van der Waals surface area contributed by atoms with Gasteiger partial charge in [-0.15, -0.1) is 0 Å². The van der Waals surface area contributed by atoms with Crippen molar-refractivity contribution in [2.24, 2.45) is 0 Å². The highest BCUT2D eigenvalue weighted by atomic mass is 35.5. The first kappa shape index (κ1) is 19.7. The molecule has 1 aliphatic heterocycles. The molecule has 0 aliphatic carbocycles. The minimum absolute atomic E-state index is 0.186. The van der Waals surface area contributed by atoms with Crippen LogP contribution in [0.15, 0.2) is 30.5 Å². The largest absolute Gasteiger partial charge is 0.434 e. The third kappa shape index (κ3) is 4.44. The number of amides is 1. The van der Waals surface area contributed by atoms with E-state index in [1.165, 1.54) is 36.2 Å². The number of aromatic nitrogens is 2. The van der Waals surface area contributed by atoms with Gasteiger partial charge in [-0.25, -0.2) is 4.68 Å². The lowest BCUT2D eigenvalue weighted by Crippen LogP contribution is -2.36. The van der Waals surface area contributed by atoms with Crippen molar-refractivity contribution < 1.29 is 18.0 Å². The van der Waals surface area contributed by atoms with E-state index < -0.39 is 23.3 Å². The molecule has 1 saturated heterocycles. The topological polar surface area (TPSA) is 41.4 Å². The first-order chi connectivity index (χ1) is 12.8. The van der Waals surface area contributed by atoms with Crippen LogP contribution in [0.3, 0.4) is 0 Å². The molecule has 1 aromatic carbocycles. The van der Waals surface area contributed by atoms with Gasteiger partial charge in [0.2, 0.25) is 0 Å². The average Bonchev–Trinajstić information content (AvgIpc) is 3.28. The van der Waals surface area contributed by atoms with Gasteiger partial charge in [-0.3, -0.25) is 4.79 Å². The van der Waals surface area contributed by atoms with Crippen LogP contribution in [0.25, 0.3) is 5.69 Å². The molecule has 1 fully saturated rings. The molecule has 9 heteroatoms. The predicted molar refractivity (Wildman–Crippen MR) is 96.2 cm³/mol. The molecule has 1 amide bonds. The van der Waals surface area contributed by atoms with Gasteiger partial charge >= 0.3 is 6.18 Å². The summed E-state index contributed by atoms with van der Waals surface area (Å²) in [6, 6.07) is 5.80. The fourth-order valence-corrected chi connectivity index (χ4v) is 3.29. The van der Waals surface area contributed by atoms with Gasteiger partial charge in [0.05, 0.1) is 17.4 Å². The van der Waals surface area contributed by atoms with E-state index >= 15 is 0 Å². The van der Waals surface area contributed by atoms with Crippen molar-refractivity contribution in [3.05, 3.63) is 46.7 Å². The number of carbonyl (C=O) groups is 1. The van der Waals surface area contributed by atoms with Crippen LogP contribution in [0.5, 0.6) is 0 Å². The van der Waals surface area contributed by atoms with Crippen LogP contribution in [0.4, 0.5) is 13.2 Å². The first-order valence-corrected chi connectivity index (χ1v) is 9.04. The fourth-order valence-electron chi connectivity index (χ4n) is 3.16. The van der Waals surface area contributed by atoms with E-state index in [0.29, 0.717) is 18.1 Å². The number of alkyl halides is 3. The Morgan fingerprint density at radius 3 is 2.44 bits per heavy atom. The number of carbonyl (C=O) groups excluding carboxylic acids is 1. The number of hydrogen-bond donors (Lipinski definition) is 0. The number of halogens is 4. The number of likely N-dealkylation sites (tertiary alicyclic amines) is 1. The van der Waals surface area contributed by atoms with Crippen LogP contribution in [-0.2, 0) is 6.18 Å². The van der Waals surface area contributed by atoms with E-state index in [0.717, 1.165) is 36.8 Å². The van der Waals surface area contributed by atoms with Crippen molar-refractivity contribution in [3.8, 4) is 5.69 Å². The zero-order chi connectivity index (χ0) is 19.6. The second-order valence-corrected chi connectivity index (χ2v) is 7.00. The molecule has 0 atom stereocenters. The van der Waals surface area contributed by atoms with Crippen molar-refractivity contribution in [2.45, 2.75) is 19.0 Å². The summed E-state index contributed by atoms with van der Waals surface area (Å²) < 4.78 is 41.8. The Morgan fingerprint density at radius 2 is 1.85 bits per heavy atom. The number of rotatable bonds is 5. The van der Waals surface area contributed by atoms with Gasteiger partial charge in [0.15, 0.2) is 5.69 Å². The molecule has 2 aromatic rings. The summed E-state index contributed by atoms with van der Waals surface area (Å²) in [5, 5.41) is 4.22. The molecule has 0 unspecified atom stereocenters. The molecule has 0 radical (unpaired) electrons. The number of likely N-dealkylation sites (N-methyl/N-ethyl adjacent to an activating group) is 1. The Kier molecular flexibility index (Phi) is 5.76. The molecule has 0 spiro atoms. The molecule has 0 N–H and O–H groups in total. The maximum absolute atomic E-state index is 13.7. The molecule has 5 nitrogen and oxygen atoms in total. The molecule has 2 heterocycles. The van der Waals surface area contributed by atoms with Crippen LogP contribution in [0, 0.1) is 0 Å². The molecule has 27 heavy (non-hydrogen) atoms. The first-order valence-electron chi connectivity index (χ1n) is 8.66. The van der Waals surface area contributed by atoms with Crippen molar-refractivity contribution in [1.82, 2.24) is 19.6 Å². The predicted octanol–water partition coefficient (Wildman–Crippen LogP) is 3.71. The van der Waals surface area contributed by atoms with Crippen molar-refractivity contribution in [3.63, 3.8) is 0 Å². The summed E-state index contributed by atoms with van der Waals surface area (Å²) in [6.45, 7) is 2.94. The van der Waals surface area contributed by atoms with E-state index in [1.54, 1.807) is 0 Å². The maximum Gasteiger partial charge on any atom is 0.434 e. The normalized spacial score (nSPS) is 15.3. The second-order valence-electron chi connectivity index (χ2n) is 6.57. The lowest BCUT2D eigenvalue weighted by atomic mass is 10.2. The highest BCUT2D eigenvalue weighted by Crippen LogP contribution is 2.34. The van der Waals surface area contributed by atoms with Gasteiger partial charge in [-0.1, -0.05) is 11.6 Å². The van der Waals surface area contributed by atoms with E-state index in [1.807, 2.05) is 0 Å². The molecule has 146 valence electrons. The van der Waals surface area contributed by atoms with Gasteiger partial charge in [-0.2, -0.15) is 18.3 Å². The lowest BCUT2D eigenvalue weighted by Gasteiger charge is -2.22. The van der Waals surface area contributed by atoms with Crippen molar-refractivity contribution in [2.75, 3.05) is 33.2 Å².